The second-order valence-electron chi connectivity index (χ2n) is 3.44. The molecule has 0 aliphatic carbocycles. The van der Waals surface area contributed by atoms with Gasteiger partial charge in [0.15, 0.2) is 0 Å². The maximum atomic E-state index is 12.7. The van der Waals surface area contributed by atoms with E-state index in [1.54, 1.807) is 7.05 Å². The van der Waals surface area contributed by atoms with Crippen molar-refractivity contribution in [2.45, 2.75) is 0 Å². The van der Waals surface area contributed by atoms with Crippen molar-refractivity contribution in [3.63, 3.8) is 0 Å². The Morgan fingerprint density at radius 1 is 1.59 bits per heavy atom. The largest absolute Gasteiger partial charge is 0.490 e. The van der Waals surface area contributed by atoms with E-state index in [4.69, 9.17) is 22.1 Å². The van der Waals surface area contributed by atoms with E-state index in [0.717, 1.165) is 0 Å². The van der Waals surface area contributed by atoms with Crippen molar-refractivity contribution in [2.24, 2.45) is 5.73 Å². The van der Waals surface area contributed by atoms with Crippen LogP contribution >= 0.6 is 11.6 Å². The predicted octanol–water partition coefficient (Wildman–Crippen LogP) is 1.27. The van der Waals surface area contributed by atoms with Crippen molar-refractivity contribution >= 4 is 17.5 Å². The van der Waals surface area contributed by atoms with E-state index in [9.17, 15) is 9.18 Å². The van der Waals surface area contributed by atoms with Crippen LogP contribution in [-0.2, 0) is 4.79 Å². The summed E-state index contributed by atoms with van der Waals surface area (Å²) in [5.41, 5.74) is 5.20. The van der Waals surface area contributed by atoms with E-state index in [1.807, 2.05) is 0 Å². The summed E-state index contributed by atoms with van der Waals surface area (Å²) in [5.74, 6) is -0.196. The smallest absolute Gasteiger partial charge is 0.236 e. The number of hydrogen-bond donors (Lipinski definition) is 1. The van der Waals surface area contributed by atoms with Gasteiger partial charge in [0.05, 0.1) is 18.1 Å². The highest BCUT2D eigenvalue weighted by Gasteiger charge is 2.07. The Balaban J connectivity index is 2.43. The number of rotatable bonds is 5. The van der Waals surface area contributed by atoms with Gasteiger partial charge in [-0.05, 0) is 18.2 Å². The quantitative estimate of drug-likeness (QED) is 0.868. The average Bonchev–Trinajstić information content (AvgIpc) is 2.30. The molecule has 17 heavy (non-hydrogen) atoms. The summed E-state index contributed by atoms with van der Waals surface area (Å²) >= 11 is 5.77. The molecule has 0 aliphatic rings. The standard InChI is InChI=1S/C11H14ClFN2O2/c1-15(11(16)7-14)4-5-17-10-3-2-8(13)6-9(10)12/h2-3,6H,4-5,7,14H2,1H3. The van der Waals surface area contributed by atoms with Gasteiger partial charge in [0.1, 0.15) is 18.2 Å². The van der Waals surface area contributed by atoms with Crippen LogP contribution in [0.1, 0.15) is 0 Å². The number of hydrogen-bond acceptors (Lipinski definition) is 3. The summed E-state index contributed by atoms with van der Waals surface area (Å²) < 4.78 is 18.1. The van der Waals surface area contributed by atoms with Crippen molar-refractivity contribution in [3.05, 3.63) is 29.0 Å². The summed E-state index contributed by atoms with van der Waals surface area (Å²) in [7, 11) is 1.63. The van der Waals surface area contributed by atoms with E-state index in [-0.39, 0.29) is 24.1 Å². The molecule has 0 aliphatic heterocycles. The molecule has 6 heteroatoms. The van der Waals surface area contributed by atoms with Crippen molar-refractivity contribution in [2.75, 3.05) is 26.7 Å². The molecule has 94 valence electrons. The number of nitrogens with two attached hydrogens (primary N) is 1. The van der Waals surface area contributed by atoms with Gasteiger partial charge in [0, 0.05) is 7.05 Å². The lowest BCUT2D eigenvalue weighted by atomic mass is 10.3. The van der Waals surface area contributed by atoms with Gasteiger partial charge in [-0.1, -0.05) is 11.6 Å². The van der Waals surface area contributed by atoms with Crippen molar-refractivity contribution < 1.29 is 13.9 Å². The zero-order valence-electron chi connectivity index (χ0n) is 9.45. The van der Waals surface area contributed by atoms with Gasteiger partial charge in [0.25, 0.3) is 0 Å². The monoisotopic (exact) mass is 260 g/mol. The molecule has 0 radical (unpaired) electrons. The zero-order chi connectivity index (χ0) is 12.8. The summed E-state index contributed by atoms with van der Waals surface area (Å²) in [5, 5.41) is 0.206. The topological polar surface area (TPSA) is 55.6 Å². The molecule has 0 atom stereocenters. The number of amides is 1. The number of carbonyl (C=O) groups excluding carboxylic acids is 1. The first kappa shape index (κ1) is 13.7. The van der Waals surface area contributed by atoms with Crippen LogP contribution in [0.4, 0.5) is 4.39 Å². The molecule has 1 amide bonds. The van der Waals surface area contributed by atoms with Crippen molar-refractivity contribution in [1.82, 2.24) is 4.90 Å². The summed E-state index contributed by atoms with van der Waals surface area (Å²) in [6.07, 6.45) is 0. The third-order valence-electron chi connectivity index (χ3n) is 2.18. The van der Waals surface area contributed by atoms with E-state index in [2.05, 4.69) is 0 Å². The molecule has 0 unspecified atom stereocenters. The molecular weight excluding hydrogens is 247 g/mol. The highest BCUT2D eigenvalue weighted by atomic mass is 35.5. The molecule has 0 fully saturated rings. The number of benzene rings is 1. The molecule has 0 bridgehead atoms. The van der Waals surface area contributed by atoms with Crippen LogP contribution in [0.25, 0.3) is 0 Å². The first-order valence-electron chi connectivity index (χ1n) is 5.06. The Hall–Kier alpha value is -1.33. The second-order valence-corrected chi connectivity index (χ2v) is 3.85. The van der Waals surface area contributed by atoms with E-state index in [1.165, 1.54) is 23.1 Å². The minimum Gasteiger partial charge on any atom is -0.490 e. The Morgan fingerprint density at radius 2 is 2.29 bits per heavy atom. The lowest BCUT2D eigenvalue weighted by Crippen LogP contribution is -2.35. The Labute approximate surface area is 104 Å². The third kappa shape index (κ3) is 4.20. The van der Waals surface area contributed by atoms with Crippen LogP contribution < -0.4 is 10.5 Å². The van der Waals surface area contributed by atoms with E-state index >= 15 is 0 Å². The summed E-state index contributed by atoms with van der Waals surface area (Å²) in [6.45, 7) is 0.630. The van der Waals surface area contributed by atoms with Crippen LogP contribution in [-0.4, -0.2) is 37.6 Å². The summed E-state index contributed by atoms with van der Waals surface area (Å²) in [4.78, 5) is 12.6. The van der Waals surface area contributed by atoms with Crippen molar-refractivity contribution in [3.8, 4) is 5.75 Å². The van der Waals surface area contributed by atoms with Gasteiger partial charge in [0.2, 0.25) is 5.91 Å². The molecule has 0 saturated carbocycles. The molecule has 0 spiro atoms. The van der Waals surface area contributed by atoms with E-state index < -0.39 is 5.82 Å². The SMILES string of the molecule is CN(CCOc1ccc(F)cc1Cl)C(=O)CN. The zero-order valence-corrected chi connectivity index (χ0v) is 10.2. The Kier molecular flexibility index (Phi) is 5.18. The average molecular weight is 261 g/mol. The van der Waals surface area contributed by atoms with Crippen LogP contribution in [0, 0.1) is 5.82 Å². The highest BCUT2D eigenvalue weighted by molar-refractivity contribution is 6.32. The summed E-state index contributed by atoms with van der Waals surface area (Å²) in [6, 6.07) is 3.88. The molecule has 0 heterocycles. The normalized spacial score (nSPS) is 10.1. The van der Waals surface area contributed by atoms with Crippen LogP contribution in [0.15, 0.2) is 18.2 Å². The minimum atomic E-state index is -0.419. The lowest BCUT2D eigenvalue weighted by molar-refractivity contribution is -0.128. The third-order valence-corrected chi connectivity index (χ3v) is 2.47. The molecule has 1 rings (SSSR count). The van der Waals surface area contributed by atoms with Gasteiger partial charge >= 0.3 is 0 Å². The number of carbonyl (C=O) groups is 1. The fourth-order valence-electron chi connectivity index (χ4n) is 1.17. The molecule has 4 nitrogen and oxygen atoms in total. The second kappa shape index (κ2) is 6.42. The fraction of sp³-hybridized carbons (Fsp3) is 0.364. The number of nitrogens with zero attached hydrogens (tertiary/aromatic N) is 1. The van der Waals surface area contributed by atoms with Gasteiger partial charge in [-0.2, -0.15) is 0 Å². The maximum Gasteiger partial charge on any atom is 0.236 e. The Bertz CT molecular complexity index is 401. The highest BCUT2D eigenvalue weighted by Crippen LogP contribution is 2.24. The molecule has 1 aromatic rings. The molecule has 0 saturated heterocycles. The Morgan fingerprint density at radius 3 is 2.88 bits per heavy atom. The van der Waals surface area contributed by atoms with Gasteiger partial charge in [-0.15, -0.1) is 0 Å². The number of likely N-dealkylation sites (N-methyl/N-ethyl adjacent to an activating group) is 1. The molecular formula is C11H14ClFN2O2. The molecule has 0 aromatic heterocycles. The van der Waals surface area contributed by atoms with Gasteiger partial charge < -0.3 is 15.4 Å². The number of ether oxygens (including phenoxy) is 1. The predicted molar refractivity (Wildman–Crippen MR) is 63.6 cm³/mol. The molecule has 2 N–H and O–H groups in total. The first-order valence-corrected chi connectivity index (χ1v) is 5.44. The number of halogens is 2. The lowest BCUT2D eigenvalue weighted by Gasteiger charge is -2.16. The van der Waals surface area contributed by atoms with E-state index in [0.29, 0.717) is 12.3 Å². The maximum absolute atomic E-state index is 12.7. The van der Waals surface area contributed by atoms with Gasteiger partial charge in [-0.25, -0.2) is 4.39 Å². The fourth-order valence-corrected chi connectivity index (χ4v) is 1.39. The van der Waals surface area contributed by atoms with Crippen LogP contribution in [0.5, 0.6) is 5.75 Å². The minimum absolute atomic E-state index is 0.0339. The van der Waals surface area contributed by atoms with Crippen molar-refractivity contribution in [1.29, 1.82) is 0 Å². The van der Waals surface area contributed by atoms with Gasteiger partial charge in [-0.3, -0.25) is 4.79 Å². The first-order chi connectivity index (χ1) is 8.04. The van der Waals surface area contributed by atoms with Crippen LogP contribution in [0.2, 0.25) is 5.02 Å². The van der Waals surface area contributed by atoms with Crippen LogP contribution in [0.3, 0.4) is 0 Å². The molecule has 1 aromatic carbocycles.